The van der Waals surface area contributed by atoms with Gasteiger partial charge in [0.2, 0.25) is 0 Å². The predicted molar refractivity (Wildman–Crippen MR) is 75.7 cm³/mol. The molecule has 1 fully saturated rings. The average molecular weight is 293 g/mol. The molecule has 100 valence electrons. The number of hydrogen-bond acceptors (Lipinski definition) is 4. The molecule has 0 amide bonds. The minimum absolute atomic E-state index is 0.0455. The molecule has 2 heterocycles. The summed E-state index contributed by atoms with van der Waals surface area (Å²) in [6.45, 7) is 0. The molecule has 1 saturated heterocycles. The minimum Gasteiger partial charge on any atom is -0.229 e. The quantitative estimate of drug-likeness (QED) is 0.840. The molecule has 2 aliphatic rings. The van der Waals surface area contributed by atoms with Gasteiger partial charge >= 0.3 is 0 Å². The highest BCUT2D eigenvalue weighted by molar-refractivity contribution is 8.00. The second kappa shape index (κ2) is 4.53. The molecular formula is C14H15NO2S2. The summed E-state index contributed by atoms with van der Waals surface area (Å²) in [5.41, 5.74) is 0.671. The molecular weight excluding hydrogens is 278 g/mol. The van der Waals surface area contributed by atoms with Gasteiger partial charge in [-0.1, -0.05) is 18.2 Å². The fourth-order valence-corrected chi connectivity index (χ4v) is 6.51. The van der Waals surface area contributed by atoms with E-state index >= 15 is 0 Å². The van der Waals surface area contributed by atoms with Crippen molar-refractivity contribution in [3.63, 3.8) is 0 Å². The molecule has 2 aliphatic heterocycles. The van der Waals surface area contributed by atoms with Crippen molar-refractivity contribution < 1.29 is 8.42 Å². The van der Waals surface area contributed by atoms with Gasteiger partial charge in [-0.15, -0.1) is 11.8 Å². The first kappa shape index (κ1) is 13.0. The number of benzene rings is 1. The van der Waals surface area contributed by atoms with Crippen molar-refractivity contribution in [2.24, 2.45) is 5.41 Å². The van der Waals surface area contributed by atoms with E-state index < -0.39 is 15.3 Å². The second-order valence-corrected chi connectivity index (χ2v) is 9.02. The van der Waals surface area contributed by atoms with Crippen LogP contribution in [0.3, 0.4) is 0 Å². The summed E-state index contributed by atoms with van der Waals surface area (Å²) >= 11 is 1.79. The van der Waals surface area contributed by atoms with Crippen molar-refractivity contribution in [1.82, 2.24) is 0 Å². The Labute approximate surface area is 117 Å². The zero-order chi connectivity index (χ0) is 13.5. The van der Waals surface area contributed by atoms with Gasteiger partial charge in [-0.2, -0.15) is 5.26 Å². The SMILES string of the molecule is N#CC1(CC2Cc3ccccc3S2)CCS(=O)(=O)C1. The molecule has 0 aromatic heterocycles. The van der Waals surface area contributed by atoms with Gasteiger partial charge in [0.05, 0.1) is 23.0 Å². The van der Waals surface area contributed by atoms with E-state index in [0.717, 1.165) is 6.42 Å². The Balaban J connectivity index is 1.76. The summed E-state index contributed by atoms with van der Waals surface area (Å²) in [6.07, 6.45) is 2.13. The van der Waals surface area contributed by atoms with E-state index in [4.69, 9.17) is 0 Å². The molecule has 2 atom stereocenters. The van der Waals surface area contributed by atoms with Crippen LogP contribution >= 0.6 is 11.8 Å². The summed E-state index contributed by atoms with van der Waals surface area (Å²) in [4.78, 5) is 1.28. The van der Waals surface area contributed by atoms with Crippen LogP contribution < -0.4 is 0 Å². The first-order valence-electron chi connectivity index (χ1n) is 6.38. The highest BCUT2D eigenvalue weighted by atomic mass is 32.2. The topological polar surface area (TPSA) is 57.9 Å². The first-order valence-corrected chi connectivity index (χ1v) is 9.08. The van der Waals surface area contributed by atoms with Crippen molar-refractivity contribution in [3.05, 3.63) is 29.8 Å². The molecule has 0 bridgehead atoms. The van der Waals surface area contributed by atoms with Crippen molar-refractivity contribution in [2.45, 2.75) is 29.4 Å². The summed E-state index contributed by atoms with van der Waals surface area (Å²) < 4.78 is 23.3. The Hall–Kier alpha value is -0.990. The molecule has 0 spiro atoms. The van der Waals surface area contributed by atoms with Crippen molar-refractivity contribution in [3.8, 4) is 6.07 Å². The number of fused-ring (bicyclic) bond motifs is 1. The van der Waals surface area contributed by atoms with E-state index in [0.29, 0.717) is 18.1 Å². The Morgan fingerprint density at radius 2 is 2.21 bits per heavy atom. The van der Waals surface area contributed by atoms with Gasteiger partial charge in [0.25, 0.3) is 0 Å². The van der Waals surface area contributed by atoms with Gasteiger partial charge in [0, 0.05) is 10.1 Å². The van der Waals surface area contributed by atoms with Gasteiger partial charge < -0.3 is 0 Å². The Morgan fingerprint density at radius 3 is 2.84 bits per heavy atom. The largest absolute Gasteiger partial charge is 0.229 e. The van der Waals surface area contributed by atoms with Crippen molar-refractivity contribution in [2.75, 3.05) is 11.5 Å². The molecule has 3 nitrogen and oxygen atoms in total. The first-order chi connectivity index (χ1) is 9.02. The second-order valence-electron chi connectivity index (χ2n) is 5.49. The van der Waals surface area contributed by atoms with Crippen LogP contribution in [-0.4, -0.2) is 25.2 Å². The molecule has 1 aromatic rings. The zero-order valence-electron chi connectivity index (χ0n) is 10.5. The van der Waals surface area contributed by atoms with E-state index in [1.165, 1.54) is 10.5 Å². The lowest BCUT2D eigenvalue weighted by atomic mass is 9.83. The standard InChI is InChI=1S/C14H15NO2S2/c15-9-14(5-6-19(16,17)10-14)8-12-7-11-3-1-2-4-13(11)18-12/h1-4,12H,5-8,10H2. The third kappa shape index (κ3) is 2.52. The molecule has 19 heavy (non-hydrogen) atoms. The molecule has 2 unspecified atom stereocenters. The van der Waals surface area contributed by atoms with Crippen molar-refractivity contribution in [1.29, 1.82) is 5.26 Å². The maximum atomic E-state index is 11.6. The van der Waals surface area contributed by atoms with Crippen LogP contribution in [0, 0.1) is 16.7 Å². The number of rotatable bonds is 2. The van der Waals surface area contributed by atoms with Gasteiger partial charge in [-0.3, -0.25) is 0 Å². The Kier molecular flexibility index (Phi) is 3.11. The molecule has 0 saturated carbocycles. The van der Waals surface area contributed by atoms with Gasteiger partial charge in [-0.25, -0.2) is 8.42 Å². The summed E-state index contributed by atoms with van der Waals surface area (Å²) in [5.74, 6) is 0.217. The summed E-state index contributed by atoms with van der Waals surface area (Å²) in [7, 11) is -3.01. The summed E-state index contributed by atoms with van der Waals surface area (Å²) in [6, 6.07) is 10.6. The molecule has 0 N–H and O–H groups in total. The van der Waals surface area contributed by atoms with Gasteiger partial charge in [0.15, 0.2) is 9.84 Å². The van der Waals surface area contributed by atoms with E-state index in [1.807, 2.05) is 12.1 Å². The predicted octanol–water partition coefficient (Wildman–Crippen LogP) is 2.42. The van der Waals surface area contributed by atoms with E-state index in [2.05, 4.69) is 18.2 Å². The third-order valence-corrected chi connectivity index (χ3v) is 7.09. The minimum atomic E-state index is -3.01. The number of sulfone groups is 1. The maximum absolute atomic E-state index is 11.6. The molecule has 3 rings (SSSR count). The van der Waals surface area contributed by atoms with Gasteiger partial charge in [-0.05, 0) is 30.9 Å². The normalized spacial score (nSPS) is 31.8. The van der Waals surface area contributed by atoms with Crippen LogP contribution in [-0.2, 0) is 16.3 Å². The lowest BCUT2D eigenvalue weighted by Crippen LogP contribution is -2.25. The van der Waals surface area contributed by atoms with Crippen LogP contribution in [0.25, 0.3) is 0 Å². The number of nitrogens with zero attached hydrogens (tertiary/aromatic N) is 1. The zero-order valence-corrected chi connectivity index (χ0v) is 12.1. The monoisotopic (exact) mass is 293 g/mol. The number of nitriles is 1. The molecule has 5 heteroatoms. The van der Waals surface area contributed by atoms with Gasteiger partial charge in [0.1, 0.15) is 0 Å². The smallest absolute Gasteiger partial charge is 0.151 e. The van der Waals surface area contributed by atoms with Crippen LogP contribution in [0.2, 0.25) is 0 Å². The van der Waals surface area contributed by atoms with E-state index in [1.54, 1.807) is 11.8 Å². The number of hydrogen-bond donors (Lipinski definition) is 0. The Morgan fingerprint density at radius 1 is 1.42 bits per heavy atom. The molecule has 0 radical (unpaired) electrons. The van der Waals surface area contributed by atoms with Crippen LogP contribution in [0.15, 0.2) is 29.2 Å². The highest BCUT2D eigenvalue weighted by Crippen LogP contribution is 2.45. The van der Waals surface area contributed by atoms with Crippen LogP contribution in [0.1, 0.15) is 18.4 Å². The van der Waals surface area contributed by atoms with Crippen LogP contribution in [0.4, 0.5) is 0 Å². The van der Waals surface area contributed by atoms with E-state index in [9.17, 15) is 13.7 Å². The third-order valence-electron chi connectivity index (χ3n) is 3.96. The number of thioether (sulfide) groups is 1. The Bertz CT molecular complexity index is 623. The highest BCUT2D eigenvalue weighted by Gasteiger charge is 2.44. The molecule has 0 aliphatic carbocycles. The average Bonchev–Trinajstić information content (AvgIpc) is 2.90. The fraction of sp³-hybridized carbons (Fsp3) is 0.500. The van der Waals surface area contributed by atoms with Crippen LogP contribution in [0.5, 0.6) is 0 Å². The maximum Gasteiger partial charge on any atom is 0.151 e. The fourth-order valence-electron chi connectivity index (χ4n) is 3.01. The van der Waals surface area contributed by atoms with Crippen molar-refractivity contribution >= 4 is 21.6 Å². The lowest BCUT2D eigenvalue weighted by molar-refractivity contribution is 0.410. The van der Waals surface area contributed by atoms with E-state index in [-0.39, 0.29) is 11.5 Å². The molecule has 1 aromatic carbocycles. The summed E-state index contributed by atoms with van der Waals surface area (Å²) in [5, 5.41) is 9.74. The lowest BCUT2D eigenvalue weighted by Gasteiger charge is -2.22.